The Hall–Kier alpha value is -1.05. The molecule has 1 unspecified atom stereocenters. The van der Waals surface area contributed by atoms with E-state index in [1.807, 2.05) is 18.2 Å². The summed E-state index contributed by atoms with van der Waals surface area (Å²) in [5.41, 5.74) is 0.581. The summed E-state index contributed by atoms with van der Waals surface area (Å²) in [6.07, 6.45) is 2.28. The van der Waals surface area contributed by atoms with Gasteiger partial charge in [-0.3, -0.25) is 0 Å². The van der Waals surface area contributed by atoms with Gasteiger partial charge in [-0.2, -0.15) is 5.26 Å². The normalized spacial score (nSPS) is 18.9. The zero-order valence-electron chi connectivity index (χ0n) is 9.58. The highest BCUT2D eigenvalue weighted by Crippen LogP contribution is 2.26. The molecule has 2 rings (SSSR count). The van der Waals surface area contributed by atoms with Crippen LogP contribution in [0.3, 0.4) is 0 Å². The van der Waals surface area contributed by atoms with E-state index >= 15 is 0 Å². The molecule has 1 N–H and O–H groups in total. The molecule has 0 radical (unpaired) electrons. The highest BCUT2D eigenvalue weighted by atomic mass is 79.9. The van der Waals surface area contributed by atoms with Gasteiger partial charge in [-0.15, -0.1) is 0 Å². The van der Waals surface area contributed by atoms with E-state index in [0.717, 1.165) is 24.0 Å². The largest absolute Gasteiger partial charge is 0.492 e. The van der Waals surface area contributed by atoms with Crippen molar-refractivity contribution in [3.63, 3.8) is 0 Å². The van der Waals surface area contributed by atoms with Crippen LogP contribution >= 0.6 is 15.9 Å². The Morgan fingerprint density at radius 2 is 2.41 bits per heavy atom. The SMILES string of the molecule is N#Cc1c(Br)cccc1OCCC1CCNC1. The number of halogens is 1. The number of hydrogen-bond donors (Lipinski definition) is 1. The second kappa shape index (κ2) is 6.04. The van der Waals surface area contributed by atoms with Crippen molar-refractivity contribution in [2.45, 2.75) is 12.8 Å². The molecule has 1 aliphatic rings. The van der Waals surface area contributed by atoms with E-state index in [0.29, 0.717) is 23.8 Å². The molecular formula is C13H15BrN2O. The van der Waals surface area contributed by atoms with Crippen LogP contribution in [-0.4, -0.2) is 19.7 Å². The van der Waals surface area contributed by atoms with Crippen LogP contribution in [0.15, 0.2) is 22.7 Å². The van der Waals surface area contributed by atoms with E-state index in [2.05, 4.69) is 27.3 Å². The summed E-state index contributed by atoms with van der Waals surface area (Å²) < 4.78 is 6.48. The van der Waals surface area contributed by atoms with Gasteiger partial charge in [-0.25, -0.2) is 0 Å². The Morgan fingerprint density at radius 1 is 1.53 bits per heavy atom. The van der Waals surface area contributed by atoms with Crippen molar-refractivity contribution in [1.82, 2.24) is 5.32 Å². The number of nitriles is 1. The summed E-state index contributed by atoms with van der Waals surface area (Å²) in [5.74, 6) is 1.39. The van der Waals surface area contributed by atoms with E-state index in [-0.39, 0.29) is 0 Å². The van der Waals surface area contributed by atoms with Gasteiger partial charge in [0, 0.05) is 4.47 Å². The van der Waals surface area contributed by atoms with Gasteiger partial charge < -0.3 is 10.1 Å². The first-order chi connectivity index (χ1) is 8.31. The third kappa shape index (κ3) is 3.21. The molecule has 1 saturated heterocycles. The third-order valence-corrected chi connectivity index (χ3v) is 3.69. The van der Waals surface area contributed by atoms with Crippen molar-refractivity contribution in [2.75, 3.05) is 19.7 Å². The van der Waals surface area contributed by atoms with Crippen molar-refractivity contribution in [3.05, 3.63) is 28.2 Å². The predicted octanol–water partition coefficient (Wildman–Crippen LogP) is 2.70. The molecule has 17 heavy (non-hydrogen) atoms. The standard InChI is InChI=1S/C13H15BrN2O/c14-12-2-1-3-13(11(12)8-15)17-7-5-10-4-6-16-9-10/h1-3,10,16H,4-7,9H2. The van der Waals surface area contributed by atoms with Crippen molar-refractivity contribution in [3.8, 4) is 11.8 Å². The second-order valence-corrected chi connectivity index (χ2v) is 5.08. The van der Waals surface area contributed by atoms with Gasteiger partial charge in [-0.1, -0.05) is 6.07 Å². The minimum atomic E-state index is 0.581. The monoisotopic (exact) mass is 294 g/mol. The number of benzene rings is 1. The molecule has 0 spiro atoms. The van der Waals surface area contributed by atoms with Crippen LogP contribution < -0.4 is 10.1 Å². The van der Waals surface area contributed by atoms with Crippen LogP contribution in [0.2, 0.25) is 0 Å². The lowest BCUT2D eigenvalue weighted by Gasteiger charge is -2.11. The number of ether oxygens (including phenoxy) is 1. The third-order valence-electron chi connectivity index (χ3n) is 3.03. The average Bonchev–Trinajstić information content (AvgIpc) is 2.82. The Bertz CT molecular complexity index is 422. The number of hydrogen-bond acceptors (Lipinski definition) is 3. The summed E-state index contributed by atoms with van der Waals surface area (Å²) in [6.45, 7) is 2.88. The maximum absolute atomic E-state index is 9.04. The lowest BCUT2D eigenvalue weighted by Crippen LogP contribution is -2.11. The molecule has 90 valence electrons. The van der Waals surface area contributed by atoms with Crippen LogP contribution in [0.1, 0.15) is 18.4 Å². The topological polar surface area (TPSA) is 45.0 Å². The molecule has 0 amide bonds. The minimum absolute atomic E-state index is 0.581. The zero-order chi connectivity index (χ0) is 12.1. The first kappa shape index (κ1) is 12.4. The molecule has 1 heterocycles. The molecule has 0 aliphatic carbocycles. The molecule has 1 aromatic rings. The van der Waals surface area contributed by atoms with Crippen molar-refractivity contribution in [1.29, 1.82) is 5.26 Å². The smallest absolute Gasteiger partial charge is 0.138 e. The maximum atomic E-state index is 9.04. The van der Waals surface area contributed by atoms with Crippen molar-refractivity contribution < 1.29 is 4.74 Å². The van der Waals surface area contributed by atoms with E-state index in [1.165, 1.54) is 6.42 Å². The molecule has 3 nitrogen and oxygen atoms in total. The molecule has 1 fully saturated rings. The van der Waals surface area contributed by atoms with E-state index in [4.69, 9.17) is 10.00 Å². The Morgan fingerprint density at radius 3 is 3.12 bits per heavy atom. The van der Waals surface area contributed by atoms with Gasteiger partial charge in [0.2, 0.25) is 0 Å². The van der Waals surface area contributed by atoms with Gasteiger partial charge in [-0.05, 0) is 59.9 Å². The summed E-state index contributed by atoms with van der Waals surface area (Å²) >= 11 is 3.35. The molecule has 1 atom stereocenters. The van der Waals surface area contributed by atoms with Crippen molar-refractivity contribution >= 4 is 15.9 Å². The fraction of sp³-hybridized carbons (Fsp3) is 0.462. The molecule has 1 aromatic carbocycles. The molecular weight excluding hydrogens is 280 g/mol. The molecule has 0 saturated carbocycles. The van der Waals surface area contributed by atoms with Crippen LogP contribution in [0, 0.1) is 17.2 Å². The fourth-order valence-electron chi connectivity index (χ4n) is 2.03. The summed E-state index contributed by atoms with van der Waals surface area (Å²) in [4.78, 5) is 0. The van der Waals surface area contributed by atoms with Gasteiger partial charge >= 0.3 is 0 Å². The second-order valence-electron chi connectivity index (χ2n) is 4.22. The highest BCUT2D eigenvalue weighted by molar-refractivity contribution is 9.10. The lowest BCUT2D eigenvalue weighted by atomic mass is 10.1. The molecule has 0 aromatic heterocycles. The summed E-state index contributed by atoms with van der Waals surface area (Å²) in [5, 5.41) is 12.4. The quantitative estimate of drug-likeness (QED) is 0.929. The lowest BCUT2D eigenvalue weighted by molar-refractivity contribution is 0.283. The summed E-state index contributed by atoms with van der Waals surface area (Å²) in [6, 6.07) is 7.74. The van der Waals surface area contributed by atoms with E-state index in [9.17, 15) is 0 Å². The van der Waals surface area contributed by atoms with Gasteiger partial charge in [0.05, 0.1) is 6.61 Å². The fourth-order valence-corrected chi connectivity index (χ4v) is 2.47. The highest BCUT2D eigenvalue weighted by Gasteiger charge is 2.14. The van der Waals surface area contributed by atoms with Crippen LogP contribution in [0.5, 0.6) is 5.75 Å². The molecule has 1 aliphatic heterocycles. The zero-order valence-corrected chi connectivity index (χ0v) is 11.2. The molecule has 0 bridgehead atoms. The van der Waals surface area contributed by atoms with E-state index < -0.39 is 0 Å². The predicted molar refractivity (Wildman–Crippen MR) is 69.9 cm³/mol. The van der Waals surface area contributed by atoms with Gasteiger partial charge in [0.1, 0.15) is 17.4 Å². The summed E-state index contributed by atoms with van der Waals surface area (Å²) in [7, 11) is 0. The van der Waals surface area contributed by atoms with Crippen LogP contribution in [0.4, 0.5) is 0 Å². The Balaban J connectivity index is 1.90. The number of nitrogens with one attached hydrogen (secondary N) is 1. The van der Waals surface area contributed by atoms with Crippen LogP contribution in [-0.2, 0) is 0 Å². The number of nitrogens with zero attached hydrogens (tertiary/aromatic N) is 1. The molecule has 4 heteroatoms. The average molecular weight is 295 g/mol. The van der Waals surface area contributed by atoms with Gasteiger partial charge in [0.25, 0.3) is 0 Å². The minimum Gasteiger partial charge on any atom is -0.492 e. The van der Waals surface area contributed by atoms with Gasteiger partial charge in [0.15, 0.2) is 0 Å². The maximum Gasteiger partial charge on any atom is 0.138 e. The Labute approximate surface area is 110 Å². The van der Waals surface area contributed by atoms with Crippen LogP contribution in [0.25, 0.3) is 0 Å². The first-order valence-corrected chi connectivity index (χ1v) is 6.62. The first-order valence-electron chi connectivity index (χ1n) is 5.83. The Kier molecular flexibility index (Phi) is 4.41. The number of rotatable bonds is 4. The van der Waals surface area contributed by atoms with E-state index in [1.54, 1.807) is 0 Å². The van der Waals surface area contributed by atoms with Crippen molar-refractivity contribution in [2.24, 2.45) is 5.92 Å².